The summed E-state index contributed by atoms with van der Waals surface area (Å²) in [6, 6.07) is 18.5. The van der Waals surface area contributed by atoms with E-state index in [1.165, 1.54) is 37.9 Å². The molecule has 1 amide bonds. The lowest BCUT2D eigenvalue weighted by Crippen LogP contribution is -2.33. The molecule has 2 aliphatic rings. The largest absolute Gasteiger partial charge is 0.309 e. The Morgan fingerprint density at radius 1 is 0.966 bits per heavy atom. The van der Waals surface area contributed by atoms with Gasteiger partial charge in [-0.3, -0.25) is 10.1 Å². The molecule has 0 bridgehead atoms. The van der Waals surface area contributed by atoms with E-state index in [1.807, 2.05) is 36.4 Å². The fraction of sp³-hybridized carbons (Fsp3) is 0.417. The predicted octanol–water partition coefficient (Wildman–Crippen LogP) is 4.26. The second-order valence-corrected chi connectivity index (χ2v) is 8.33. The topological polar surface area (TPSA) is 50.2 Å². The summed E-state index contributed by atoms with van der Waals surface area (Å²) >= 11 is 0. The van der Waals surface area contributed by atoms with Crippen LogP contribution >= 0.6 is 0 Å². The summed E-state index contributed by atoms with van der Waals surface area (Å²) in [6.07, 6.45) is 4.84. The van der Waals surface area contributed by atoms with Crippen LogP contribution in [0.3, 0.4) is 0 Å². The number of fused-ring (bicyclic) bond motifs is 1. The maximum Gasteiger partial charge on any atom is 0.230 e. The third-order valence-corrected chi connectivity index (χ3v) is 6.33. The first-order valence-electron chi connectivity index (χ1n) is 10.8. The molecule has 0 spiro atoms. The molecule has 150 valence electrons. The smallest absolute Gasteiger partial charge is 0.230 e. The maximum absolute atomic E-state index is 12.9. The van der Waals surface area contributed by atoms with Crippen molar-refractivity contribution in [2.45, 2.75) is 38.1 Å². The zero-order valence-corrected chi connectivity index (χ0v) is 16.8. The number of carbonyl (C=O) groups excluding carboxylic acids is 1. The maximum atomic E-state index is 12.9. The number of carbonyl (C=O) groups is 1. The van der Waals surface area contributed by atoms with Crippen LogP contribution in [0.25, 0.3) is 11.0 Å². The molecule has 2 heterocycles. The average Bonchev–Trinajstić information content (AvgIpc) is 3.50. The molecule has 1 N–H and O–H groups in total. The molecule has 29 heavy (non-hydrogen) atoms. The van der Waals surface area contributed by atoms with Gasteiger partial charge >= 0.3 is 0 Å². The van der Waals surface area contributed by atoms with Gasteiger partial charge in [0, 0.05) is 19.0 Å². The van der Waals surface area contributed by atoms with Gasteiger partial charge in [0.25, 0.3) is 0 Å². The molecule has 1 aliphatic heterocycles. The van der Waals surface area contributed by atoms with E-state index in [1.54, 1.807) is 0 Å². The average molecular weight is 389 g/mol. The van der Waals surface area contributed by atoms with Crippen molar-refractivity contribution in [3.63, 3.8) is 0 Å². The summed E-state index contributed by atoms with van der Waals surface area (Å²) in [6.45, 7) is 4.20. The Kier molecular flexibility index (Phi) is 5.06. The van der Waals surface area contributed by atoms with Gasteiger partial charge in [0.1, 0.15) is 0 Å². The van der Waals surface area contributed by atoms with Crippen LogP contribution in [0.2, 0.25) is 0 Å². The third-order valence-electron chi connectivity index (χ3n) is 6.33. The van der Waals surface area contributed by atoms with Gasteiger partial charge in [-0.2, -0.15) is 0 Å². The molecule has 5 heteroatoms. The Morgan fingerprint density at radius 3 is 2.55 bits per heavy atom. The van der Waals surface area contributed by atoms with E-state index in [0.29, 0.717) is 11.9 Å². The van der Waals surface area contributed by atoms with Gasteiger partial charge in [0.05, 0.1) is 11.0 Å². The number of nitrogens with one attached hydrogen (secondary N) is 1. The summed E-state index contributed by atoms with van der Waals surface area (Å²) in [5.41, 5.74) is 3.29. The number of rotatable bonds is 6. The molecule has 2 unspecified atom stereocenters. The zero-order valence-electron chi connectivity index (χ0n) is 16.8. The summed E-state index contributed by atoms with van der Waals surface area (Å²) in [4.78, 5) is 20.2. The Morgan fingerprint density at radius 2 is 1.72 bits per heavy atom. The van der Waals surface area contributed by atoms with Gasteiger partial charge in [-0.15, -0.1) is 0 Å². The van der Waals surface area contributed by atoms with Crippen molar-refractivity contribution in [1.29, 1.82) is 0 Å². The number of hydrogen-bond acceptors (Lipinski definition) is 3. The second kappa shape index (κ2) is 7.99. The number of nitrogens with zero attached hydrogens (tertiary/aromatic N) is 3. The molecular weight excluding hydrogens is 360 g/mol. The Hall–Kier alpha value is -2.66. The van der Waals surface area contributed by atoms with E-state index in [9.17, 15) is 4.79 Å². The fourth-order valence-electron chi connectivity index (χ4n) is 4.58. The summed E-state index contributed by atoms with van der Waals surface area (Å²) in [7, 11) is 0. The highest BCUT2D eigenvalue weighted by Gasteiger charge is 2.44. The van der Waals surface area contributed by atoms with Crippen molar-refractivity contribution in [3.05, 3.63) is 60.2 Å². The number of imidazole rings is 1. The molecule has 1 saturated heterocycles. The number of piperidine rings is 1. The van der Waals surface area contributed by atoms with Crippen molar-refractivity contribution in [3.8, 4) is 0 Å². The first-order valence-corrected chi connectivity index (χ1v) is 10.8. The molecule has 2 aromatic carbocycles. The lowest BCUT2D eigenvalue weighted by atomic mass is 10.1. The number of likely N-dealkylation sites (tertiary alicyclic amines) is 1. The van der Waals surface area contributed by atoms with Gasteiger partial charge in [0.2, 0.25) is 11.9 Å². The molecule has 1 saturated carbocycles. The minimum atomic E-state index is 0.0488. The van der Waals surface area contributed by atoms with Gasteiger partial charge in [0.15, 0.2) is 0 Å². The van der Waals surface area contributed by atoms with E-state index >= 15 is 0 Å². The summed E-state index contributed by atoms with van der Waals surface area (Å²) in [5.74, 6) is 1.16. The van der Waals surface area contributed by atoms with Crippen molar-refractivity contribution in [2.24, 2.45) is 5.92 Å². The highest BCUT2D eigenvalue weighted by atomic mass is 16.2. The van der Waals surface area contributed by atoms with Gasteiger partial charge in [-0.05, 0) is 56.0 Å². The molecule has 5 nitrogen and oxygen atoms in total. The normalized spacial score (nSPS) is 21.9. The van der Waals surface area contributed by atoms with Crippen LogP contribution in [-0.2, 0) is 11.3 Å². The lowest BCUT2D eigenvalue weighted by Gasteiger charge is -2.26. The van der Waals surface area contributed by atoms with E-state index in [2.05, 4.69) is 33.0 Å². The molecular formula is C24H28N4O. The number of hydrogen-bond donors (Lipinski definition) is 1. The van der Waals surface area contributed by atoms with Crippen LogP contribution in [0, 0.1) is 5.92 Å². The first-order chi connectivity index (χ1) is 14.3. The highest BCUT2D eigenvalue weighted by Crippen LogP contribution is 2.47. The molecule has 2 atom stereocenters. The second-order valence-electron chi connectivity index (χ2n) is 8.33. The van der Waals surface area contributed by atoms with E-state index in [4.69, 9.17) is 4.98 Å². The fourth-order valence-corrected chi connectivity index (χ4v) is 4.58. The SMILES string of the molecule is O=C(Nc1nc2ccccc2n1CCN1CCCCC1)C1CC1c1ccccc1. The van der Waals surface area contributed by atoms with Crippen molar-refractivity contribution >= 4 is 22.9 Å². The molecule has 1 aromatic heterocycles. The standard InChI is InChI=1S/C24H28N4O/c29-23(20-17-19(20)18-9-3-1-4-10-18)26-24-25-21-11-5-6-12-22(21)28(24)16-15-27-13-7-2-8-14-27/h1,3-6,9-12,19-20H,2,7-8,13-17H2,(H,25,26,29). The van der Waals surface area contributed by atoms with E-state index < -0.39 is 0 Å². The summed E-state index contributed by atoms with van der Waals surface area (Å²) in [5, 5.41) is 3.14. The minimum Gasteiger partial charge on any atom is -0.309 e. The Balaban J connectivity index is 1.32. The van der Waals surface area contributed by atoms with Crippen molar-refractivity contribution in [1.82, 2.24) is 14.5 Å². The van der Waals surface area contributed by atoms with Crippen molar-refractivity contribution in [2.75, 3.05) is 25.0 Å². The van der Waals surface area contributed by atoms with Crippen LogP contribution in [0.15, 0.2) is 54.6 Å². The quantitative estimate of drug-likeness (QED) is 0.686. The Labute approximate surface area is 171 Å². The van der Waals surface area contributed by atoms with Gasteiger partial charge in [-0.25, -0.2) is 4.98 Å². The van der Waals surface area contributed by atoms with Crippen molar-refractivity contribution < 1.29 is 4.79 Å². The van der Waals surface area contributed by atoms with Gasteiger partial charge in [-0.1, -0.05) is 48.9 Å². The first kappa shape index (κ1) is 18.4. The molecule has 2 fully saturated rings. The molecule has 3 aromatic rings. The Bertz CT molecular complexity index is 991. The van der Waals surface area contributed by atoms with Crippen LogP contribution in [0.1, 0.15) is 37.2 Å². The highest BCUT2D eigenvalue weighted by molar-refractivity contribution is 5.95. The zero-order chi connectivity index (χ0) is 19.6. The number of benzene rings is 2. The lowest BCUT2D eigenvalue weighted by molar-refractivity contribution is -0.117. The van der Waals surface area contributed by atoms with Crippen LogP contribution < -0.4 is 5.32 Å². The van der Waals surface area contributed by atoms with Crippen LogP contribution in [0.5, 0.6) is 0 Å². The minimum absolute atomic E-state index is 0.0488. The number of para-hydroxylation sites is 2. The van der Waals surface area contributed by atoms with Crippen LogP contribution in [-0.4, -0.2) is 40.0 Å². The van der Waals surface area contributed by atoms with Crippen LogP contribution in [0.4, 0.5) is 5.95 Å². The van der Waals surface area contributed by atoms with E-state index in [-0.39, 0.29) is 11.8 Å². The molecule has 1 aliphatic carbocycles. The third kappa shape index (κ3) is 3.92. The monoisotopic (exact) mass is 388 g/mol. The number of amides is 1. The van der Waals surface area contributed by atoms with Gasteiger partial charge < -0.3 is 9.47 Å². The number of anilines is 1. The molecule has 0 radical (unpaired) electrons. The molecule has 5 rings (SSSR count). The summed E-state index contributed by atoms with van der Waals surface area (Å²) < 4.78 is 2.18. The number of aromatic nitrogens is 2. The van der Waals surface area contributed by atoms with E-state index in [0.717, 1.165) is 30.5 Å². The predicted molar refractivity (Wildman–Crippen MR) is 116 cm³/mol.